The fourth-order valence-electron chi connectivity index (χ4n) is 6.92. The van der Waals surface area contributed by atoms with Crippen LogP contribution in [0.25, 0.3) is 0 Å². The van der Waals surface area contributed by atoms with Gasteiger partial charge in [0.1, 0.15) is 11.4 Å². The maximum atomic E-state index is 13.1. The molecular weight excluding hydrogens is 320 g/mol. The third kappa shape index (κ3) is 2.07. The summed E-state index contributed by atoms with van der Waals surface area (Å²) in [5.74, 6) is 0.158. The maximum Gasteiger partial charge on any atom is 0.184 e. The van der Waals surface area contributed by atoms with E-state index in [-0.39, 0.29) is 23.0 Å². The van der Waals surface area contributed by atoms with Gasteiger partial charge in [0.2, 0.25) is 0 Å². The van der Waals surface area contributed by atoms with E-state index < -0.39 is 29.0 Å². The van der Waals surface area contributed by atoms with Gasteiger partial charge in [-0.05, 0) is 31.6 Å². The van der Waals surface area contributed by atoms with Gasteiger partial charge in [0.05, 0.1) is 18.3 Å². The van der Waals surface area contributed by atoms with Crippen LogP contribution >= 0.6 is 0 Å². The summed E-state index contributed by atoms with van der Waals surface area (Å²) in [6.45, 7) is 8.90. The van der Waals surface area contributed by atoms with Crippen LogP contribution < -0.4 is 0 Å². The lowest BCUT2D eigenvalue weighted by atomic mass is 9.43. The lowest BCUT2D eigenvalue weighted by Gasteiger charge is -2.63. The molecule has 4 aliphatic rings. The van der Waals surface area contributed by atoms with Crippen molar-refractivity contribution >= 4 is 5.78 Å². The average molecular weight is 352 g/mol. The van der Waals surface area contributed by atoms with Crippen LogP contribution in [0, 0.1) is 22.7 Å². The van der Waals surface area contributed by atoms with Crippen molar-refractivity contribution in [1.82, 2.24) is 0 Å². The molecule has 0 aromatic rings. The fraction of sp³-hybridized carbons (Fsp3) is 0.950. The number of ketones is 1. The smallest absolute Gasteiger partial charge is 0.184 e. The van der Waals surface area contributed by atoms with Gasteiger partial charge in [0.25, 0.3) is 0 Å². The van der Waals surface area contributed by atoms with Crippen molar-refractivity contribution in [2.24, 2.45) is 22.7 Å². The first-order valence-corrected chi connectivity index (χ1v) is 9.80. The summed E-state index contributed by atoms with van der Waals surface area (Å²) >= 11 is 0. The van der Waals surface area contributed by atoms with E-state index in [1.54, 1.807) is 0 Å². The van der Waals surface area contributed by atoms with E-state index in [1.807, 2.05) is 13.8 Å². The summed E-state index contributed by atoms with van der Waals surface area (Å²) in [5.41, 5.74) is -1.84. The van der Waals surface area contributed by atoms with E-state index in [9.17, 15) is 15.0 Å². The van der Waals surface area contributed by atoms with E-state index in [0.717, 1.165) is 19.3 Å². The van der Waals surface area contributed by atoms with Gasteiger partial charge in [0, 0.05) is 29.6 Å². The molecule has 2 heterocycles. The zero-order valence-electron chi connectivity index (χ0n) is 15.9. The molecule has 5 nitrogen and oxygen atoms in total. The van der Waals surface area contributed by atoms with Crippen LogP contribution in [0.3, 0.4) is 0 Å². The van der Waals surface area contributed by atoms with Crippen molar-refractivity contribution in [3.63, 3.8) is 0 Å². The van der Waals surface area contributed by atoms with E-state index in [0.29, 0.717) is 25.9 Å². The van der Waals surface area contributed by atoms with Crippen molar-refractivity contribution in [1.29, 1.82) is 0 Å². The monoisotopic (exact) mass is 352 g/mol. The summed E-state index contributed by atoms with van der Waals surface area (Å²) in [6, 6.07) is 0. The Balaban J connectivity index is 1.79. The standard InChI is InChI=1S/C20H32O5/c1-12-11-13(21)15-17(2,3)14(22)5-6-18(15,4)20(12)8-7-19(25-20)9-10-24-16(19)23/h12,14-16,22-23H,5-11H2,1-4H3. The Morgan fingerprint density at radius 3 is 2.44 bits per heavy atom. The summed E-state index contributed by atoms with van der Waals surface area (Å²) < 4.78 is 12.2. The number of carbonyl (C=O) groups is 1. The molecule has 25 heavy (non-hydrogen) atoms. The van der Waals surface area contributed by atoms with Gasteiger partial charge in [-0.25, -0.2) is 0 Å². The first-order chi connectivity index (χ1) is 11.6. The van der Waals surface area contributed by atoms with Crippen LogP contribution in [-0.4, -0.2) is 46.2 Å². The third-order valence-electron chi connectivity index (χ3n) is 8.33. The molecule has 2 aliphatic carbocycles. The summed E-state index contributed by atoms with van der Waals surface area (Å²) in [5, 5.41) is 21.0. The number of aliphatic hydroxyl groups is 2. The molecule has 2 spiro atoms. The quantitative estimate of drug-likeness (QED) is 0.700. The largest absolute Gasteiger partial charge is 0.393 e. The van der Waals surface area contributed by atoms with Gasteiger partial charge in [-0.3, -0.25) is 4.79 Å². The Morgan fingerprint density at radius 2 is 1.80 bits per heavy atom. The number of ether oxygens (including phenoxy) is 2. The lowest BCUT2D eigenvalue weighted by molar-refractivity contribution is -0.273. The van der Waals surface area contributed by atoms with Crippen molar-refractivity contribution in [3.8, 4) is 0 Å². The van der Waals surface area contributed by atoms with E-state index >= 15 is 0 Å². The molecule has 4 fully saturated rings. The molecule has 7 unspecified atom stereocenters. The average Bonchev–Trinajstić information content (AvgIpc) is 3.08. The Hall–Kier alpha value is -0.490. The predicted octanol–water partition coefficient (Wildman–Crippen LogP) is 2.43. The third-order valence-corrected chi connectivity index (χ3v) is 8.33. The van der Waals surface area contributed by atoms with Crippen molar-refractivity contribution < 1.29 is 24.5 Å². The highest BCUT2D eigenvalue weighted by molar-refractivity contribution is 5.84. The molecule has 0 bridgehead atoms. The normalized spacial score (nSPS) is 55.0. The van der Waals surface area contributed by atoms with Crippen LogP contribution in [0.5, 0.6) is 0 Å². The minimum Gasteiger partial charge on any atom is -0.393 e. The number of hydrogen-bond acceptors (Lipinski definition) is 5. The van der Waals surface area contributed by atoms with Crippen LogP contribution in [0.2, 0.25) is 0 Å². The number of fused-ring (bicyclic) bond motifs is 2. The topological polar surface area (TPSA) is 76.0 Å². The molecule has 7 atom stereocenters. The second-order valence-corrected chi connectivity index (χ2v) is 9.83. The predicted molar refractivity (Wildman–Crippen MR) is 91.8 cm³/mol. The van der Waals surface area contributed by atoms with E-state index in [4.69, 9.17) is 9.47 Å². The first kappa shape index (κ1) is 17.9. The Labute approximate surface area is 150 Å². The molecule has 5 heteroatoms. The zero-order valence-corrected chi connectivity index (χ0v) is 15.9. The number of Topliss-reactive ketones (excluding diaryl/α,β-unsaturated/α-hetero) is 1. The minimum atomic E-state index is -0.874. The molecule has 0 aromatic carbocycles. The van der Waals surface area contributed by atoms with Gasteiger partial charge >= 0.3 is 0 Å². The second-order valence-electron chi connectivity index (χ2n) is 9.83. The zero-order chi connectivity index (χ0) is 18.3. The number of carbonyl (C=O) groups excluding carboxylic acids is 1. The molecule has 0 aromatic heterocycles. The summed E-state index contributed by atoms with van der Waals surface area (Å²) in [7, 11) is 0. The molecule has 2 saturated heterocycles. The Morgan fingerprint density at radius 1 is 1.08 bits per heavy atom. The van der Waals surface area contributed by atoms with Gasteiger partial charge in [-0.2, -0.15) is 0 Å². The van der Waals surface area contributed by atoms with Gasteiger partial charge in [-0.1, -0.05) is 27.7 Å². The first-order valence-electron chi connectivity index (χ1n) is 9.80. The van der Waals surface area contributed by atoms with Crippen LogP contribution in [0.1, 0.15) is 66.2 Å². The maximum absolute atomic E-state index is 13.1. The second kappa shape index (κ2) is 5.28. The lowest BCUT2D eigenvalue weighted by Crippen LogP contribution is -2.68. The summed E-state index contributed by atoms with van der Waals surface area (Å²) in [4.78, 5) is 13.1. The Kier molecular flexibility index (Phi) is 3.78. The van der Waals surface area contributed by atoms with Crippen LogP contribution in [0.15, 0.2) is 0 Å². The molecule has 2 aliphatic heterocycles. The van der Waals surface area contributed by atoms with E-state index in [2.05, 4.69) is 13.8 Å². The Bertz CT molecular complexity index is 589. The highest BCUT2D eigenvalue weighted by Gasteiger charge is 2.71. The number of rotatable bonds is 0. The molecular formula is C20H32O5. The van der Waals surface area contributed by atoms with Crippen molar-refractivity contribution in [3.05, 3.63) is 0 Å². The van der Waals surface area contributed by atoms with Gasteiger partial charge < -0.3 is 19.7 Å². The fourth-order valence-corrected chi connectivity index (χ4v) is 6.92. The molecule has 2 N–H and O–H groups in total. The van der Waals surface area contributed by atoms with Crippen molar-refractivity contribution in [2.45, 2.75) is 89.8 Å². The van der Waals surface area contributed by atoms with Crippen LogP contribution in [-0.2, 0) is 14.3 Å². The van der Waals surface area contributed by atoms with E-state index in [1.165, 1.54) is 0 Å². The minimum absolute atomic E-state index is 0.111. The molecule has 2 saturated carbocycles. The van der Waals surface area contributed by atoms with Crippen molar-refractivity contribution in [2.75, 3.05) is 6.61 Å². The number of hydrogen-bond donors (Lipinski definition) is 2. The van der Waals surface area contributed by atoms with Gasteiger partial charge in [0.15, 0.2) is 6.29 Å². The molecule has 142 valence electrons. The molecule has 0 radical (unpaired) electrons. The molecule has 4 rings (SSSR count). The molecule has 0 amide bonds. The van der Waals surface area contributed by atoms with Gasteiger partial charge in [-0.15, -0.1) is 0 Å². The SMILES string of the molecule is CC1CC(=O)C2C(C)(C)C(O)CCC2(C)C12CCC1(CCOC1O)O2. The number of aliphatic hydroxyl groups excluding tert-OH is 2. The summed E-state index contributed by atoms with van der Waals surface area (Å²) in [6.07, 6.45) is 2.96. The van der Waals surface area contributed by atoms with Crippen LogP contribution in [0.4, 0.5) is 0 Å². The highest BCUT2D eigenvalue weighted by Crippen LogP contribution is 2.67. The highest BCUT2D eigenvalue weighted by atomic mass is 16.7.